The summed E-state index contributed by atoms with van der Waals surface area (Å²) in [6.45, 7) is 3.79. The Labute approximate surface area is 263 Å². The number of aliphatic carboxylic acids is 1. The summed E-state index contributed by atoms with van der Waals surface area (Å²) < 4.78 is 28.4. The van der Waals surface area contributed by atoms with Gasteiger partial charge in [-0.05, 0) is 35.4 Å². The van der Waals surface area contributed by atoms with Crippen molar-refractivity contribution in [2.45, 2.75) is 30.7 Å². The molecule has 1 saturated heterocycles. The van der Waals surface area contributed by atoms with E-state index in [4.69, 9.17) is 29.4 Å². The average molecular weight is 634 g/mol. The van der Waals surface area contributed by atoms with Gasteiger partial charge in [0.05, 0.1) is 26.1 Å². The number of rotatable bonds is 13. The van der Waals surface area contributed by atoms with Gasteiger partial charge in [0, 0.05) is 23.5 Å². The first-order valence-electron chi connectivity index (χ1n) is 13.7. The highest BCUT2D eigenvalue weighted by atomic mass is 32.2. The zero-order valence-electron chi connectivity index (χ0n) is 24.5. The normalized spacial score (nSPS) is 17.8. The number of carboxylic acids is 1. The zero-order chi connectivity index (χ0) is 32.1. The monoisotopic (exact) mass is 633 g/mol. The van der Waals surface area contributed by atoms with Gasteiger partial charge in [0.1, 0.15) is 41.8 Å². The Morgan fingerprint density at radius 2 is 1.62 bits per heavy atom. The molecule has 1 unspecified atom stereocenters. The summed E-state index contributed by atoms with van der Waals surface area (Å²) in [5, 5.41) is 9.60. The van der Waals surface area contributed by atoms with E-state index in [-0.39, 0.29) is 41.7 Å². The van der Waals surface area contributed by atoms with Crippen molar-refractivity contribution in [1.29, 1.82) is 0 Å². The Morgan fingerprint density at radius 3 is 2.16 bits per heavy atom. The van der Waals surface area contributed by atoms with E-state index >= 15 is 0 Å². The lowest BCUT2D eigenvalue weighted by atomic mass is 9.99. The SMILES string of the molecule is C=CC(=O)OC(C1=C(C(=O)O)N2C(=O)[C@@H](N)[C@H]2SC1)c1cc(OCc2ccc(OC)cc2)c(OCc2ccc(OC)cc2)cn1. The standard InChI is InChI=1S/C32H31N3O9S/c1-4-26(36)44-29(22-17-45-31-27(33)30(37)35(31)28(22)32(38)39)23-13-24(42-15-18-5-9-20(40-2)10-6-18)25(14-34-23)43-16-19-7-11-21(41-3)12-8-19/h4-14,27,29,31H,1,15-17,33H2,2-3H3,(H,38,39)/t27-,29?,31-/m1/s1. The lowest BCUT2D eigenvalue weighted by Gasteiger charge is -2.48. The highest BCUT2D eigenvalue weighted by Crippen LogP contribution is 2.44. The van der Waals surface area contributed by atoms with Crippen LogP contribution in [0, 0.1) is 0 Å². The van der Waals surface area contributed by atoms with Gasteiger partial charge in [0.2, 0.25) is 5.91 Å². The molecular weight excluding hydrogens is 602 g/mol. The van der Waals surface area contributed by atoms with Crippen molar-refractivity contribution in [1.82, 2.24) is 9.88 Å². The molecule has 1 fully saturated rings. The van der Waals surface area contributed by atoms with Crippen LogP contribution in [0.2, 0.25) is 0 Å². The van der Waals surface area contributed by atoms with Crippen molar-refractivity contribution in [3.63, 3.8) is 0 Å². The van der Waals surface area contributed by atoms with Gasteiger partial charge in [0.15, 0.2) is 17.6 Å². The Morgan fingerprint density at radius 1 is 1.04 bits per heavy atom. The number of hydrogen-bond acceptors (Lipinski definition) is 11. The van der Waals surface area contributed by atoms with E-state index in [0.717, 1.165) is 22.1 Å². The van der Waals surface area contributed by atoms with Gasteiger partial charge in [-0.3, -0.25) is 14.7 Å². The first-order valence-corrected chi connectivity index (χ1v) is 14.8. The summed E-state index contributed by atoms with van der Waals surface area (Å²) >= 11 is 1.28. The predicted molar refractivity (Wildman–Crippen MR) is 164 cm³/mol. The molecular formula is C32H31N3O9S. The summed E-state index contributed by atoms with van der Waals surface area (Å²) in [6, 6.07) is 15.4. The van der Waals surface area contributed by atoms with Gasteiger partial charge >= 0.3 is 11.9 Å². The van der Waals surface area contributed by atoms with E-state index in [2.05, 4.69) is 11.6 Å². The molecule has 3 N–H and O–H groups in total. The minimum absolute atomic E-state index is 0.123. The molecule has 5 rings (SSSR count). The van der Waals surface area contributed by atoms with Crippen LogP contribution in [0.3, 0.4) is 0 Å². The lowest BCUT2D eigenvalue weighted by Crippen LogP contribution is -2.68. The maximum absolute atomic E-state index is 12.6. The third-order valence-electron chi connectivity index (χ3n) is 7.19. The molecule has 0 bridgehead atoms. The quantitative estimate of drug-likeness (QED) is 0.160. The Bertz CT molecular complexity index is 1630. The van der Waals surface area contributed by atoms with Gasteiger partial charge in [0.25, 0.3) is 0 Å². The van der Waals surface area contributed by atoms with Crippen molar-refractivity contribution >= 4 is 29.6 Å². The molecule has 1 aromatic heterocycles. The smallest absolute Gasteiger partial charge is 0.352 e. The molecule has 0 spiro atoms. The average Bonchev–Trinajstić information content (AvgIpc) is 3.08. The van der Waals surface area contributed by atoms with Crippen LogP contribution in [0.15, 0.2) is 84.7 Å². The number of pyridine rings is 1. The van der Waals surface area contributed by atoms with Crippen molar-refractivity contribution < 1.29 is 43.2 Å². The van der Waals surface area contributed by atoms with Gasteiger partial charge in [-0.2, -0.15) is 0 Å². The minimum atomic E-state index is -1.36. The number of aromatic nitrogens is 1. The number of methoxy groups -OCH3 is 2. The third-order valence-corrected chi connectivity index (χ3v) is 8.51. The van der Waals surface area contributed by atoms with Crippen LogP contribution in [0.1, 0.15) is 22.9 Å². The van der Waals surface area contributed by atoms with Crippen LogP contribution < -0.4 is 24.7 Å². The molecule has 2 aromatic carbocycles. The number of esters is 1. The Kier molecular flexibility index (Phi) is 9.59. The number of β-lactam (4-membered cyclic amide) rings is 1. The van der Waals surface area contributed by atoms with Gasteiger partial charge in [-0.1, -0.05) is 30.8 Å². The second-order valence-electron chi connectivity index (χ2n) is 9.97. The first kappa shape index (κ1) is 31.4. The number of hydrogen-bond donors (Lipinski definition) is 2. The Hall–Kier alpha value is -5.01. The largest absolute Gasteiger partial charge is 0.497 e. The van der Waals surface area contributed by atoms with Crippen molar-refractivity contribution in [2.24, 2.45) is 5.73 Å². The number of nitrogens with two attached hydrogens (primary N) is 1. The topological polar surface area (TPSA) is 160 Å². The van der Waals surface area contributed by atoms with Crippen molar-refractivity contribution in [2.75, 3.05) is 20.0 Å². The summed E-state index contributed by atoms with van der Waals surface area (Å²) in [7, 11) is 3.16. The minimum Gasteiger partial charge on any atom is -0.497 e. The van der Waals surface area contributed by atoms with Gasteiger partial charge in [-0.25, -0.2) is 9.59 Å². The number of carboxylic acid groups (broad SMARTS) is 1. The van der Waals surface area contributed by atoms with Crippen molar-refractivity contribution in [3.8, 4) is 23.0 Å². The summed E-state index contributed by atoms with van der Waals surface area (Å²) in [5.74, 6) is -0.609. The number of carbonyl (C=O) groups excluding carboxylic acids is 2. The summed E-state index contributed by atoms with van der Waals surface area (Å²) in [4.78, 5) is 43.1. The first-order chi connectivity index (χ1) is 21.7. The van der Waals surface area contributed by atoms with E-state index in [9.17, 15) is 19.5 Å². The van der Waals surface area contributed by atoms with E-state index in [1.807, 2.05) is 36.4 Å². The van der Waals surface area contributed by atoms with Crippen LogP contribution in [0.4, 0.5) is 0 Å². The second-order valence-corrected chi connectivity index (χ2v) is 11.1. The summed E-state index contributed by atoms with van der Waals surface area (Å²) in [5.41, 5.74) is 7.64. The van der Waals surface area contributed by atoms with Crippen LogP contribution in [-0.4, -0.2) is 64.2 Å². The number of amides is 1. The van der Waals surface area contributed by atoms with Crippen molar-refractivity contribution in [3.05, 3.63) is 102 Å². The molecule has 0 aliphatic carbocycles. The fraction of sp³-hybridized carbons (Fsp3) is 0.250. The highest BCUT2D eigenvalue weighted by molar-refractivity contribution is 8.00. The predicted octanol–water partition coefficient (Wildman–Crippen LogP) is 3.61. The molecule has 2 aliphatic heterocycles. The van der Waals surface area contributed by atoms with E-state index in [1.54, 1.807) is 26.4 Å². The molecule has 45 heavy (non-hydrogen) atoms. The van der Waals surface area contributed by atoms with Crippen LogP contribution in [-0.2, 0) is 32.3 Å². The third kappa shape index (κ3) is 6.74. The van der Waals surface area contributed by atoms with Gasteiger partial charge in [-0.15, -0.1) is 11.8 Å². The lowest BCUT2D eigenvalue weighted by molar-refractivity contribution is -0.148. The molecule has 1 amide bonds. The maximum atomic E-state index is 12.6. The molecule has 3 aromatic rings. The van der Waals surface area contributed by atoms with E-state index in [1.165, 1.54) is 24.0 Å². The number of ether oxygens (including phenoxy) is 5. The van der Waals surface area contributed by atoms with E-state index < -0.39 is 35.4 Å². The summed E-state index contributed by atoms with van der Waals surface area (Å²) in [6.07, 6.45) is 1.10. The fourth-order valence-electron chi connectivity index (χ4n) is 4.78. The number of nitrogens with zero attached hydrogens (tertiary/aromatic N) is 2. The molecule has 3 atom stereocenters. The molecule has 0 saturated carbocycles. The maximum Gasteiger partial charge on any atom is 0.352 e. The molecule has 234 valence electrons. The Balaban J connectivity index is 1.51. The van der Waals surface area contributed by atoms with Crippen LogP contribution >= 0.6 is 11.8 Å². The number of fused-ring (bicyclic) bond motifs is 1. The van der Waals surface area contributed by atoms with Gasteiger partial charge < -0.3 is 34.5 Å². The molecule has 13 heteroatoms. The second kappa shape index (κ2) is 13.7. The van der Waals surface area contributed by atoms with Crippen LogP contribution in [0.5, 0.6) is 23.0 Å². The zero-order valence-corrected chi connectivity index (χ0v) is 25.3. The number of thioether (sulfide) groups is 1. The fourth-order valence-corrected chi connectivity index (χ4v) is 6.11. The van der Waals surface area contributed by atoms with Crippen LogP contribution in [0.25, 0.3) is 0 Å². The number of benzene rings is 2. The molecule has 3 heterocycles. The highest BCUT2D eigenvalue weighted by Gasteiger charge is 2.53. The molecule has 12 nitrogen and oxygen atoms in total. The number of carbonyl (C=O) groups is 3. The molecule has 0 radical (unpaired) electrons. The molecule has 2 aliphatic rings. The van der Waals surface area contributed by atoms with E-state index in [0.29, 0.717) is 17.2 Å².